The van der Waals surface area contributed by atoms with Gasteiger partial charge in [-0.2, -0.15) is 0 Å². The van der Waals surface area contributed by atoms with Gasteiger partial charge in [-0.25, -0.2) is 0 Å². The Morgan fingerprint density at radius 2 is 1.56 bits per heavy atom. The Bertz CT molecular complexity index is 379. The zero-order valence-electron chi connectivity index (χ0n) is 12.6. The zero-order chi connectivity index (χ0) is 13.9. The monoisotopic (exact) mass is 266 g/mol. The average Bonchev–Trinajstić information content (AvgIpc) is 2.35. The molecular formula is C17H27Cl. The van der Waals surface area contributed by atoms with Crippen molar-refractivity contribution >= 4 is 11.6 Å². The van der Waals surface area contributed by atoms with Crippen LogP contribution in [0.5, 0.6) is 0 Å². The highest BCUT2D eigenvalue weighted by molar-refractivity contribution is 6.21. The molecule has 1 heteroatoms. The predicted molar refractivity (Wildman–Crippen MR) is 82.7 cm³/mol. The summed E-state index contributed by atoms with van der Waals surface area (Å²) in [6.45, 7) is 13.4. The molecule has 1 aromatic rings. The molecule has 0 saturated heterocycles. The molecule has 0 fully saturated rings. The number of benzene rings is 1. The molecule has 0 amide bonds. The fraction of sp³-hybridized carbons (Fsp3) is 0.647. The highest BCUT2D eigenvalue weighted by atomic mass is 35.5. The quantitative estimate of drug-likeness (QED) is 0.552. The summed E-state index contributed by atoms with van der Waals surface area (Å²) in [5.74, 6) is 1.63. The van der Waals surface area contributed by atoms with Gasteiger partial charge in [-0.15, -0.1) is 11.6 Å². The lowest BCUT2D eigenvalue weighted by molar-refractivity contribution is 0.538. The van der Waals surface area contributed by atoms with E-state index >= 15 is 0 Å². The number of alkyl halides is 1. The SMILES string of the molecule is CCC(C)C(Cl)c1ccc(C(C)C)cc1C(C)C. The molecule has 0 aliphatic carbocycles. The van der Waals surface area contributed by atoms with Gasteiger partial charge in [0.2, 0.25) is 0 Å². The van der Waals surface area contributed by atoms with Crippen molar-refractivity contribution in [2.75, 3.05) is 0 Å². The minimum absolute atomic E-state index is 0.133. The molecular weight excluding hydrogens is 240 g/mol. The third-order valence-corrected chi connectivity index (χ3v) is 4.51. The molecule has 18 heavy (non-hydrogen) atoms. The highest BCUT2D eigenvalue weighted by Gasteiger charge is 2.20. The molecule has 0 N–H and O–H groups in total. The Kier molecular flexibility index (Phi) is 5.72. The van der Waals surface area contributed by atoms with Crippen LogP contribution >= 0.6 is 11.6 Å². The summed E-state index contributed by atoms with van der Waals surface area (Å²) < 4.78 is 0. The summed E-state index contributed by atoms with van der Waals surface area (Å²) in [4.78, 5) is 0. The fourth-order valence-electron chi connectivity index (χ4n) is 2.22. The molecule has 0 bridgehead atoms. The molecule has 0 saturated carbocycles. The molecule has 0 spiro atoms. The average molecular weight is 267 g/mol. The minimum atomic E-state index is 0.133. The van der Waals surface area contributed by atoms with E-state index in [1.54, 1.807) is 0 Å². The van der Waals surface area contributed by atoms with Crippen LogP contribution in [0.2, 0.25) is 0 Å². The first-order valence-electron chi connectivity index (χ1n) is 7.16. The molecule has 0 aliphatic rings. The van der Waals surface area contributed by atoms with Gasteiger partial charge in [0.1, 0.15) is 0 Å². The first-order chi connectivity index (χ1) is 8.38. The van der Waals surface area contributed by atoms with Crippen LogP contribution in [-0.4, -0.2) is 0 Å². The second-order valence-corrected chi connectivity index (χ2v) is 6.46. The van der Waals surface area contributed by atoms with E-state index in [0.29, 0.717) is 17.8 Å². The second kappa shape index (κ2) is 6.61. The van der Waals surface area contributed by atoms with Crippen molar-refractivity contribution in [1.82, 2.24) is 0 Å². The van der Waals surface area contributed by atoms with Gasteiger partial charge in [0.15, 0.2) is 0 Å². The Morgan fingerprint density at radius 3 is 2.00 bits per heavy atom. The van der Waals surface area contributed by atoms with Crippen LogP contribution < -0.4 is 0 Å². The maximum absolute atomic E-state index is 6.64. The van der Waals surface area contributed by atoms with Gasteiger partial charge in [-0.05, 0) is 34.4 Å². The largest absolute Gasteiger partial charge is 0.118 e. The van der Waals surface area contributed by atoms with Crippen LogP contribution in [0.4, 0.5) is 0 Å². The van der Waals surface area contributed by atoms with Crippen LogP contribution in [0.25, 0.3) is 0 Å². The normalized spacial score (nSPS) is 15.2. The van der Waals surface area contributed by atoms with Gasteiger partial charge >= 0.3 is 0 Å². The summed E-state index contributed by atoms with van der Waals surface area (Å²) >= 11 is 6.64. The van der Waals surface area contributed by atoms with Crippen LogP contribution in [0.3, 0.4) is 0 Å². The Labute approximate surface area is 118 Å². The summed E-state index contributed by atoms with van der Waals surface area (Å²) in [7, 11) is 0. The topological polar surface area (TPSA) is 0 Å². The number of hydrogen-bond acceptors (Lipinski definition) is 0. The lowest BCUT2D eigenvalue weighted by Gasteiger charge is -2.23. The molecule has 0 aromatic heterocycles. The van der Waals surface area contributed by atoms with E-state index < -0.39 is 0 Å². The van der Waals surface area contributed by atoms with Crippen molar-refractivity contribution in [3.8, 4) is 0 Å². The lowest BCUT2D eigenvalue weighted by Crippen LogP contribution is -2.07. The van der Waals surface area contributed by atoms with Crippen molar-refractivity contribution < 1.29 is 0 Å². The highest BCUT2D eigenvalue weighted by Crippen LogP contribution is 2.37. The maximum atomic E-state index is 6.64. The molecule has 0 aliphatic heterocycles. The third kappa shape index (κ3) is 3.51. The van der Waals surface area contributed by atoms with Gasteiger partial charge in [-0.3, -0.25) is 0 Å². The van der Waals surface area contributed by atoms with Crippen molar-refractivity contribution in [3.05, 3.63) is 34.9 Å². The standard InChI is InChI=1S/C17H27Cl/c1-7-13(6)17(18)15-9-8-14(11(2)3)10-16(15)12(4)5/h8-13,17H,7H2,1-6H3. The first-order valence-corrected chi connectivity index (χ1v) is 7.59. The third-order valence-electron chi connectivity index (χ3n) is 3.84. The molecule has 0 heterocycles. The van der Waals surface area contributed by atoms with E-state index in [1.807, 2.05) is 0 Å². The Hall–Kier alpha value is -0.490. The zero-order valence-corrected chi connectivity index (χ0v) is 13.4. The molecule has 1 aromatic carbocycles. The molecule has 2 atom stereocenters. The van der Waals surface area contributed by atoms with Crippen LogP contribution in [0, 0.1) is 5.92 Å². The van der Waals surface area contributed by atoms with E-state index in [2.05, 4.69) is 59.7 Å². The number of rotatable bonds is 5. The van der Waals surface area contributed by atoms with E-state index in [1.165, 1.54) is 16.7 Å². The number of halogens is 1. The molecule has 102 valence electrons. The summed E-state index contributed by atoms with van der Waals surface area (Å²) in [5.41, 5.74) is 4.15. The minimum Gasteiger partial charge on any atom is -0.118 e. The predicted octanol–water partition coefficient (Wildman–Crippen LogP) is 6.26. The Morgan fingerprint density at radius 1 is 0.944 bits per heavy atom. The number of hydrogen-bond donors (Lipinski definition) is 0. The van der Waals surface area contributed by atoms with Crippen LogP contribution in [0.1, 0.15) is 81.9 Å². The molecule has 0 radical (unpaired) electrons. The van der Waals surface area contributed by atoms with E-state index in [-0.39, 0.29) is 5.38 Å². The van der Waals surface area contributed by atoms with Gasteiger partial charge in [-0.1, -0.05) is 66.2 Å². The lowest BCUT2D eigenvalue weighted by atomic mass is 9.87. The van der Waals surface area contributed by atoms with Gasteiger partial charge in [0.25, 0.3) is 0 Å². The molecule has 0 nitrogen and oxygen atoms in total. The smallest absolute Gasteiger partial charge is 0.0613 e. The summed E-state index contributed by atoms with van der Waals surface area (Å²) in [6.07, 6.45) is 1.12. The second-order valence-electron chi connectivity index (χ2n) is 5.99. The van der Waals surface area contributed by atoms with Crippen molar-refractivity contribution in [1.29, 1.82) is 0 Å². The van der Waals surface area contributed by atoms with Crippen LogP contribution in [-0.2, 0) is 0 Å². The molecule has 2 unspecified atom stereocenters. The van der Waals surface area contributed by atoms with E-state index in [4.69, 9.17) is 11.6 Å². The fourth-order valence-corrected chi connectivity index (χ4v) is 2.59. The van der Waals surface area contributed by atoms with Crippen molar-refractivity contribution in [2.24, 2.45) is 5.92 Å². The van der Waals surface area contributed by atoms with Gasteiger partial charge < -0.3 is 0 Å². The van der Waals surface area contributed by atoms with Crippen molar-refractivity contribution in [2.45, 2.75) is 65.2 Å². The molecule has 1 rings (SSSR count). The summed E-state index contributed by atoms with van der Waals surface area (Å²) in [5, 5.41) is 0.133. The van der Waals surface area contributed by atoms with Crippen LogP contribution in [0.15, 0.2) is 18.2 Å². The van der Waals surface area contributed by atoms with E-state index in [0.717, 1.165) is 6.42 Å². The first kappa shape index (κ1) is 15.6. The van der Waals surface area contributed by atoms with Gasteiger partial charge in [0, 0.05) is 0 Å². The summed E-state index contributed by atoms with van der Waals surface area (Å²) in [6, 6.07) is 6.83. The maximum Gasteiger partial charge on any atom is 0.0613 e. The van der Waals surface area contributed by atoms with E-state index in [9.17, 15) is 0 Å². The Balaban J connectivity index is 3.19. The van der Waals surface area contributed by atoms with Gasteiger partial charge in [0.05, 0.1) is 5.38 Å². The van der Waals surface area contributed by atoms with Crippen molar-refractivity contribution in [3.63, 3.8) is 0 Å².